The van der Waals surface area contributed by atoms with Crippen LogP contribution in [0, 0.1) is 26.7 Å². The van der Waals surface area contributed by atoms with Crippen molar-refractivity contribution in [2.24, 2.45) is 5.92 Å². The van der Waals surface area contributed by atoms with Crippen molar-refractivity contribution in [3.63, 3.8) is 0 Å². The second-order valence-electron chi connectivity index (χ2n) is 11.4. The minimum atomic E-state index is -4.28. The van der Waals surface area contributed by atoms with Gasteiger partial charge in [0.1, 0.15) is 12.6 Å². The maximum absolute atomic E-state index is 14.3. The first-order valence-corrected chi connectivity index (χ1v) is 16.2. The van der Waals surface area contributed by atoms with E-state index >= 15 is 0 Å². The molecule has 0 saturated heterocycles. The summed E-state index contributed by atoms with van der Waals surface area (Å²) in [5.41, 5.74) is 3.93. The number of anilines is 1. The number of nitrogens with zero attached hydrogens (tertiary/aromatic N) is 2. The van der Waals surface area contributed by atoms with Gasteiger partial charge in [-0.2, -0.15) is 0 Å². The highest BCUT2D eigenvalue weighted by Gasteiger charge is 2.34. The second kappa shape index (κ2) is 15.1. The predicted octanol–water partition coefficient (Wildman–Crippen LogP) is 5.40. The number of amides is 2. The molecule has 0 aromatic heterocycles. The molecule has 0 saturated carbocycles. The van der Waals surface area contributed by atoms with Crippen LogP contribution in [0.25, 0.3) is 0 Å². The summed E-state index contributed by atoms with van der Waals surface area (Å²) in [6, 6.07) is 16.6. The molecule has 3 aromatic rings. The van der Waals surface area contributed by atoms with Crippen molar-refractivity contribution in [2.75, 3.05) is 31.6 Å². The third kappa shape index (κ3) is 8.53. The molecule has 1 atom stereocenters. The van der Waals surface area contributed by atoms with Gasteiger partial charge in [-0.3, -0.25) is 13.9 Å². The molecule has 9 nitrogen and oxygen atoms in total. The number of aryl methyl sites for hydroxylation is 3. The highest BCUT2D eigenvalue weighted by molar-refractivity contribution is 7.92. The van der Waals surface area contributed by atoms with Crippen molar-refractivity contribution in [2.45, 2.75) is 65.4 Å². The van der Waals surface area contributed by atoms with Gasteiger partial charge in [-0.1, -0.05) is 56.7 Å². The zero-order valence-electron chi connectivity index (χ0n) is 27.0. The first-order valence-electron chi connectivity index (χ1n) is 14.8. The normalized spacial score (nSPS) is 12.0. The number of hydrogen-bond acceptors (Lipinski definition) is 6. The van der Waals surface area contributed by atoms with Crippen molar-refractivity contribution in [3.8, 4) is 11.5 Å². The fourth-order valence-electron chi connectivity index (χ4n) is 4.96. The molecule has 0 spiro atoms. The molecule has 2 amide bonds. The lowest BCUT2D eigenvalue weighted by Gasteiger charge is -2.33. The lowest BCUT2D eigenvalue weighted by molar-refractivity contribution is -0.140. The average Bonchev–Trinajstić information content (AvgIpc) is 2.98. The van der Waals surface area contributed by atoms with E-state index in [1.54, 1.807) is 12.1 Å². The van der Waals surface area contributed by atoms with Crippen LogP contribution >= 0.6 is 0 Å². The second-order valence-corrected chi connectivity index (χ2v) is 13.3. The van der Waals surface area contributed by atoms with Crippen molar-refractivity contribution >= 4 is 27.5 Å². The number of nitrogens with one attached hydrogen (secondary N) is 1. The highest BCUT2D eigenvalue weighted by atomic mass is 32.2. The summed E-state index contributed by atoms with van der Waals surface area (Å²) in [4.78, 5) is 29.1. The van der Waals surface area contributed by atoms with Gasteiger partial charge in [-0.25, -0.2) is 8.42 Å². The van der Waals surface area contributed by atoms with Crippen LogP contribution in [0.5, 0.6) is 11.5 Å². The standard InChI is InChI=1S/C34H45N3O6S/c1-9-30(34(39)35-20-23(2)3)36(21-27-12-10-24(4)11-13-27)33(38)22-37(28-17-25(5)16-26(6)18-28)44(40,41)29-14-15-31(42-7)32(19-29)43-8/h10-19,23,30H,9,20-22H2,1-8H3,(H,35,39). The van der Waals surface area contributed by atoms with Gasteiger partial charge < -0.3 is 19.7 Å². The summed E-state index contributed by atoms with van der Waals surface area (Å²) in [5, 5.41) is 2.95. The molecule has 0 radical (unpaired) electrons. The van der Waals surface area contributed by atoms with Crippen molar-refractivity contribution in [3.05, 3.63) is 82.9 Å². The molecule has 0 heterocycles. The zero-order valence-corrected chi connectivity index (χ0v) is 27.8. The lowest BCUT2D eigenvalue weighted by atomic mass is 10.1. The molecular formula is C34H45N3O6S. The quantitative estimate of drug-likeness (QED) is 0.258. The number of methoxy groups -OCH3 is 2. The Hall–Kier alpha value is -4.05. The lowest BCUT2D eigenvalue weighted by Crippen LogP contribution is -2.52. The molecular weight excluding hydrogens is 578 g/mol. The number of benzene rings is 3. The fraction of sp³-hybridized carbons (Fsp3) is 0.412. The van der Waals surface area contributed by atoms with Crippen LogP contribution in [0.1, 0.15) is 49.4 Å². The summed E-state index contributed by atoms with van der Waals surface area (Å²) in [6.45, 7) is 11.6. The Morgan fingerprint density at radius 3 is 2.00 bits per heavy atom. The Balaban J connectivity index is 2.12. The van der Waals surface area contributed by atoms with Crippen LogP contribution in [0.2, 0.25) is 0 Å². The Labute approximate surface area is 262 Å². The summed E-state index contributed by atoms with van der Waals surface area (Å²) >= 11 is 0. The van der Waals surface area contributed by atoms with Gasteiger partial charge in [-0.15, -0.1) is 0 Å². The van der Waals surface area contributed by atoms with Crippen LogP contribution in [-0.4, -0.2) is 58.5 Å². The molecule has 10 heteroatoms. The molecule has 0 aliphatic rings. The van der Waals surface area contributed by atoms with Crippen molar-refractivity contribution in [1.82, 2.24) is 10.2 Å². The van der Waals surface area contributed by atoms with Gasteiger partial charge in [-0.05, 0) is 74.1 Å². The molecule has 0 fully saturated rings. The van der Waals surface area contributed by atoms with Crippen LogP contribution < -0.4 is 19.1 Å². The monoisotopic (exact) mass is 623 g/mol. The van der Waals surface area contributed by atoms with Crippen LogP contribution in [-0.2, 0) is 26.2 Å². The van der Waals surface area contributed by atoms with Crippen molar-refractivity contribution < 1.29 is 27.5 Å². The molecule has 0 bridgehead atoms. The smallest absolute Gasteiger partial charge is 0.264 e. The molecule has 1 unspecified atom stereocenters. The number of carbonyl (C=O) groups excluding carboxylic acids is 2. The Morgan fingerprint density at radius 1 is 0.841 bits per heavy atom. The average molecular weight is 624 g/mol. The van der Waals surface area contributed by atoms with Gasteiger partial charge in [0.25, 0.3) is 10.0 Å². The maximum atomic E-state index is 14.3. The van der Waals surface area contributed by atoms with Gasteiger partial charge in [0.05, 0.1) is 24.8 Å². The number of hydrogen-bond donors (Lipinski definition) is 1. The van der Waals surface area contributed by atoms with E-state index in [0.29, 0.717) is 24.4 Å². The van der Waals surface area contributed by atoms with E-state index in [1.165, 1.54) is 37.3 Å². The van der Waals surface area contributed by atoms with Crippen LogP contribution in [0.4, 0.5) is 5.69 Å². The third-order valence-electron chi connectivity index (χ3n) is 7.26. The van der Waals surface area contributed by atoms with Gasteiger partial charge >= 0.3 is 0 Å². The van der Waals surface area contributed by atoms with E-state index in [4.69, 9.17) is 9.47 Å². The predicted molar refractivity (Wildman–Crippen MR) is 174 cm³/mol. The van der Waals surface area contributed by atoms with Crippen LogP contribution in [0.3, 0.4) is 0 Å². The third-order valence-corrected chi connectivity index (χ3v) is 9.03. The van der Waals surface area contributed by atoms with E-state index in [-0.39, 0.29) is 29.0 Å². The van der Waals surface area contributed by atoms with Gasteiger partial charge in [0, 0.05) is 19.2 Å². The molecule has 1 N–H and O–H groups in total. The molecule has 0 aliphatic heterocycles. The first-order chi connectivity index (χ1) is 20.8. The Bertz CT molecular complexity index is 1530. The number of rotatable bonds is 14. The van der Waals surface area contributed by atoms with E-state index < -0.39 is 28.5 Å². The summed E-state index contributed by atoms with van der Waals surface area (Å²) in [7, 11) is -1.38. The number of sulfonamides is 1. The van der Waals surface area contributed by atoms with E-state index in [2.05, 4.69) is 5.32 Å². The minimum Gasteiger partial charge on any atom is -0.493 e. The fourth-order valence-corrected chi connectivity index (χ4v) is 6.37. The Kier molecular flexibility index (Phi) is 11.8. The number of ether oxygens (including phenoxy) is 2. The van der Waals surface area contributed by atoms with Crippen molar-refractivity contribution in [1.29, 1.82) is 0 Å². The Morgan fingerprint density at radius 2 is 1.45 bits per heavy atom. The highest BCUT2D eigenvalue weighted by Crippen LogP contribution is 2.33. The van der Waals surface area contributed by atoms with E-state index in [0.717, 1.165) is 26.6 Å². The van der Waals surface area contributed by atoms with Crippen LogP contribution in [0.15, 0.2) is 65.6 Å². The SMILES string of the molecule is CCC(C(=O)NCC(C)C)N(Cc1ccc(C)cc1)C(=O)CN(c1cc(C)cc(C)c1)S(=O)(=O)c1ccc(OC)c(OC)c1. The minimum absolute atomic E-state index is 0.0612. The largest absolute Gasteiger partial charge is 0.493 e. The molecule has 44 heavy (non-hydrogen) atoms. The molecule has 3 aromatic carbocycles. The molecule has 3 rings (SSSR count). The van der Waals surface area contributed by atoms with Gasteiger partial charge in [0.15, 0.2) is 11.5 Å². The first kappa shape index (κ1) is 34.4. The zero-order chi connectivity index (χ0) is 32.6. The number of carbonyl (C=O) groups is 2. The summed E-state index contributed by atoms with van der Waals surface area (Å²) in [6.07, 6.45) is 0.355. The van der Waals surface area contributed by atoms with Gasteiger partial charge in [0.2, 0.25) is 11.8 Å². The molecule has 238 valence electrons. The maximum Gasteiger partial charge on any atom is 0.264 e. The summed E-state index contributed by atoms with van der Waals surface area (Å²) in [5.74, 6) is 0.0733. The van der Waals surface area contributed by atoms with E-state index in [1.807, 2.05) is 71.9 Å². The summed E-state index contributed by atoms with van der Waals surface area (Å²) < 4.78 is 40.4. The van der Waals surface area contributed by atoms with E-state index in [9.17, 15) is 18.0 Å². The molecule has 0 aliphatic carbocycles. The topological polar surface area (TPSA) is 105 Å².